The molecule has 2 amide bonds. The normalized spacial score (nSPS) is 20.7. The van der Waals surface area contributed by atoms with Crippen LogP contribution in [0.5, 0.6) is 0 Å². The minimum atomic E-state index is -1.21. The highest BCUT2D eigenvalue weighted by molar-refractivity contribution is 8.02. The van der Waals surface area contributed by atoms with Crippen LogP contribution in [0.1, 0.15) is 6.92 Å². The van der Waals surface area contributed by atoms with Gasteiger partial charge < -0.3 is 10.2 Å². The molecular formula is C15H16N4O2S. The lowest BCUT2D eigenvalue weighted by Gasteiger charge is -2.36. The van der Waals surface area contributed by atoms with E-state index in [1.54, 1.807) is 38.1 Å². The average Bonchev–Trinajstić information content (AvgIpc) is 2.90. The van der Waals surface area contributed by atoms with E-state index in [0.29, 0.717) is 5.69 Å². The number of hydrogen-bond acceptors (Lipinski definition) is 4. The fraction of sp³-hybridized carbons (Fsp3) is 0.267. The van der Waals surface area contributed by atoms with Gasteiger partial charge in [-0.3, -0.25) is 14.3 Å². The van der Waals surface area contributed by atoms with Crippen LogP contribution in [0.2, 0.25) is 0 Å². The fourth-order valence-electron chi connectivity index (χ4n) is 2.39. The molecule has 0 saturated heterocycles. The van der Waals surface area contributed by atoms with E-state index in [1.807, 2.05) is 24.3 Å². The van der Waals surface area contributed by atoms with Gasteiger partial charge in [-0.05, 0) is 19.1 Å². The predicted molar refractivity (Wildman–Crippen MR) is 86.0 cm³/mol. The molecule has 0 fully saturated rings. The highest BCUT2D eigenvalue weighted by Crippen LogP contribution is 2.45. The van der Waals surface area contributed by atoms with E-state index >= 15 is 0 Å². The Morgan fingerprint density at radius 1 is 1.32 bits per heavy atom. The number of rotatable bonds is 2. The van der Waals surface area contributed by atoms with Crippen molar-refractivity contribution in [2.75, 3.05) is 17.3 Å². The molecule has 3 rings (SSSR count). The number of nitrogens with one attached hydrogen (secondary N) is 1. The molecule has 0 bridgehead atoms. The third-order valence-electron chi connectivity index (χ3n) is 3.65. The molecule has 6 nitrogen and oxygen atoms in total. The van der Waals surface area contributed by atoms with E-state index in [0.717, 1.165) is 10.6 Å². The number of carbonyl (C=O) groups excluding carboxylic acids is 2. The summed E-state index contributed by atoms with van der Waals surface area (Å²) in [6.45, 7) is 1.65. The van der Waals surface area contributed by atoms with E-state index < -0.39 is 4.75 Å². The van der Waals surface area contributed by atoms with Gasteiger partial charge in [0.15, 0.2) is 4.75 Å². The maximum atomic E-state index is 12.7. The number of nitrogens with zero attached hydrogens (tertiary/aromatic N) is 3. The first-order valence-electron chi connectivity index (χ1n) is 6.78. The van der Waals surface area contributed by atoms with Crippen molar-refractivity contribution < 1.29 is 9.59 Å². The third kappa shape index (κ3) is 2.27. The van der Waals surface area contributed by atoms with E-state index in [1.165, 1.54) is 16.7 Å². The fourth-order valence-corrected chi connectivity index (χ4v) is 3.66. The monoisotopic (exact) mass is 316 g/mol. The summed E-state index contributed by atoms with van der Waals surface area (Å²) in [6.07, 6.45) is 3.24. The first kappa shape index (κ1) is 14.6. The molecule has 114 valence electrons. The Kier molecular flexibility index (Phi) is 3.44. The van der Waals surface area contributed by atoms with Gasteiger partial charge in [-0.15, -0.1) is 0 Å². The quantitative estimate of drug-likeness (QED) is 0.859. The summed E-state index contributed by atoms with van der Waals surface area (Å²) in [4.78, 5) is 27.8. The second kappa shape index (κ2) is 5.17. The minimum absolute atomic E-state index is 0.238. The van der Waals surface area contributed by atoms with Crippen LogP contribution in [0.15, 0.2) is 41.6 Å². The van der Waals surface area contributed by atoms with E-state index in [9.17, 15) is 9.59 Å². The Morgan fingerprint density at radius 2 is 2.05 bits per heavy atom. The van der Waals surface area contributed by atoms with Gasteiger partial charge in [-0.1, -0.05) is 23.9 Å². The lowest BCUT2D eigenvalue weighted by Crippen LogP contribution is -2.53. The van der Waals surface area contributed by atoms with Crippen LogP contribution >= 0.6 is 11.8 Å². The molecule has 1 aromatic heterocycles. The van der Waals surface area contributed by atoms with Crippen molar-refractivity contribution >= 4 is 35.0 Å². The summed E-state index contributed by atoms with van der Waals surface area (Å²) in [6, 6.07) is 7.56. The van der Waals surface area contributed by atoms with Gasteiger partial charge in [0.1, 0.15) is 0 Å². The first-order chi connectivity index (χ1) is 10.4. The number of carbonyl (C=O) groups is 2. The molecule has 1 atom stereocenters. The van der Waals surface area contributed by atoms with Crippen molar-refractivity contribution in [2.45, 2.75) is 16.6 Å². The van der Waals surface area contributed by atoms with Crippen LogP contribution in [0, 0.1) is 0 Å². The molecule has 1 aliphatic rings. The summed E-state index contributed by atoms with van der Waals surface area (Å²) in [7, 11) is 3.46. The Hall–Kier alpha value is -2.28. The van der Waals surface area contributed by atoms with Gasteiger partial charge in [0.2, 0.25) is 5.91 Å². The van der Waals surface area contributed by atoms with Crippen molar-refractivity contribution in [1.29, 1.82) is 0 Å². The summed E-state index contributed by atoms with van der Waals surface area (Å²) in [5.74, 6) is -0.588. The molecule has 0 saturated carbocycles. The van der Waals surface area contributed by atoms with E-state index in [-0.39, 0.29) is 11.8 Å². The second-order valence-electron chi connectivity index (χ2n) is 5.32. The molecule has 22 heavy (non-hydrogen) atoms. The topological polar surface area (TPSA) is 67.2 Å². The number of aromatic nitrogens is 2. The summed E-state index contributed by atoms with van der Waals surface area (Å²) < 4.78 is 0.383. The Morgan fingerprint density at radius 3 is 2.73 bits per heavy atom. The molecule has 1 aliphatic heterocycles. The molecule has 2 aromatic rings. The smallest absolute Gasteiger partial charge is 0.252 e. The molecule has 0 aliphatic carbocycles. The highest BCUT2D eigenvalue weighted by Gasteiger charge is 2.48. The van der Waals surface area contributed by atoms with Crippen LogP contribution in [-0.4, -0.2) is 33.4 Å². The molecule has 0 unspecified atom stereocenters. The lowest BCUT2D eigenvalue weighted by atomic mass is 10.1. The molecule has 2 heterocycles. The van der Waals surface area contributed by atoms with E-state index in [4.69, 9.17) is 0 Å². The number of anilines is 2. The molecular weight excluding hydrogens is 300 g/mol. The van der Waals surface area contributed by atoms with Gasteiger partial charge in [0.05, 0.1) is 17.6 Å². The Balaban J connectivity index is 1.92. The maximum absolute atomic E-state index is 12.7. The van der Waals surface area contributed by atoms with Crippen molar-refractivity contribution in [3.8, 4) is 0 Å². The lowest BCUT2D eigenvalue weighted by molar-refractivity contribution is -0.128. The number of thioether (sulfide) groups is 1. The Labute approximate surface area is 132 Å². The number of amides is 2. The standard InChI is InChI=1S/C15H16N4O2S/c1-15(13(20)17-10-8-16-18(2)9-10)14(21)19(3)11-6-4-5-7-12(11)22-15/h4-9H,1-3H3,(H,17,20)/t15-/m0/s1. The van der Waals surface area contributed by atoms with Crippen molar-refractivity contribution in [2.24, 2.45) is 7.05 Å². The van der Waals surface area contributed by atoms with Crippen molar-refractivity contribution in [1.82, 2.24) is 9.78 Å². The average molecular weight is 316 g/mol. The summed E-state index contributed by atoms with van der Waals surface area (Å²) in [5.41, 5.74) is 1.40. The SMILES string of the molecule is CN1C(=O)[C@](C)(C(=O)Nc2cnn(C)c2)Sc2ccccc21. The van der Waals surface area contributed by atoms with Crippen LogP contribution in [0.4, 0.5) is 11.4 Å². The van der Waals surface area contributed by atoms with Gasteiger partial charge in [0.25, 0.3) is 5.91 Å². The number of fused-ring (bicyclic) bond motifs is 1. The second-order valence-corrected chi connectivity index (χ2v) is 6.78. The zero-order chi connectivity index (χ0) is 15.9. The van der Waals surface area contributed by atoms with Crippen LogP contribution < -0.4 is 10.2 Å². The first-order valence-corrected chi connectivity index (χ1v) is 7.60. The zero-order valence-corrected chi connectivity index (χ0v) is 13.3. The van der Waals surface area contributed by atoms with Crippen molar-refractivity contribution in [3.05, 3.63) is 36.7 Å². The molecule has 1 aromatic carbocycles. The molecule has 0 spiro atoms. The van der Waals surface area contributed by atoms with Crippen LogP contribution in [-0.2, 0) is 16.6 Å². The van der Waals surface area contributed by atoms with Gasteiger partial charge in [-0.2, -0.15) is 5.10 Å². The van der Waals surface area contributed by atoms with Crippen LogP contribution in [0.3, 0.4) is 0 Å². The number of para-hydroxylation sites is 1. The van der Waals surface area contributed by atoms with Crippen LogP contribution in [0.25, 0.3) is 0 Å². The summed E-state index contributed by atoms with van der Waals surface area (Å²) >= 11 is 1.27. The zero-order valence-electron chi connectivity index (χ0n) is 12.5. The highest BCUT2D eigenvalue weighted by atomic mass is 32.2. The minimum Gasteiger partial charge on any atom is -0.322 e. The van der Waals surface area contributed by atoms with Gasteiger partial charge in [0, 0.05) is 25.2 Å². The summed E-state index contributed by atoms with van der Waals surface area (Å²) in [5, 5.41) is 6.77. The van der Waals surface area contributed by atoms with E-state index in [2.05, 4.69) is 10.4 Å². The van der Waals surface area contributed by atoms with Gasteiger partial charge in [-0.25, -0.2) is 0 Å². The van der Waals surface area contributed by atoms with Crippen molar-refractivity contribution in [3.63, 3.8) is 0 Å². The third-order valence-corrected chi connectivity index (χ3v) is 4.98. The maximum Gasteiger partial charge on any atom is 0.252 e. The number of aryl methyl sites for hydroxylation is 1. The molecule has 0 radical (unpaired) electrons. The molecule has 7 heteroatoms. The number of benzene rings is 1. The number of hydrogen-bond donors (Lipinski definition) is 1. The Bertz CT molecular complexity index is 758. The van der Waals surface area contributed by atoms with Gasteiger partial charge >= 0.3 is 0 Å². The largest absolute Gasteiger partial charge is 0.322 e. The predicted octanol–water partition coefficient (Wildman–Crippen LogP) is 1.89. The molecule has 1 N–H and O–H groups in total.